The molecule has 0 atom stereocenters. The maximum atomic E-state index is 6.20. The highest BCUT2D eigenvalue weighted by molar-refractivity contribution is 9.10. The van der Waals surface area contributed by atoms with Crippen molar-refractivity contribution in [2.45, 2.75) is 0 Å². The van der Waals surface area contributed by atoms with Crippen molar-refractivity contribution in [2.24, 2.45) is 0 Å². The van der Waals surface area contributed by atoms with Crippen molar-refractivity contribution < 1.29 is 4.74 Å². The molecule has 3 rings (SSSR count). The van der Waals surface area contributed by atoms with Crippen LogP contribution in [0.2, 0.25) is 5.28 Å². The summed E-state index contributed by atoms with van der Waals surface area (Å²) in [6.45, 7) is 0. The first-order valence-electron chi connectivity index (χ1n) is 6.21. The summed E-state index contributed by atoms with van der Waals surface area (Å²) in [5, 5.41) is 8.45. The topological polar surface area (TPSA) is 39.9 Å². The van der Waals surface area contributed by atoms with E-state index in [1.165, 1.54) is 0 Å². The Morgan fingerprint density at radius 2 is 1.86 bits per heavy atom. The number of halogens is 2. The van der Waals surface area contributed by atoms with Crippen molar-refractivity contribution in [3.8, 4) is 22.8 Å². The standard InChI is InChI=1S/C15H11BrClN3O/c1-21-13-9-11(7-8-12(13)16)20-14(18-19-15(20)17)10-5-3-2-4-6-10/h2-9H,1H3. The van der Waals surface area contributed by atoms with Gasteiger partial charge in [-0.3, -0.25) is 4.57 Å². The first-order chi connectivity index (χ1) is 10.2. The summed E-state index contributed by atoms with van der Waals surface area (Å²) in [4.78, 5) is 0. The predicted molar refractivity (Wildman–Crippen MR) is 86.1 cm³/mol. The van der Waals surface area contributed by atoms with Crippen LogP contribution in [0.25, 0.3) is 17.1 Å². The molecule has 21 heavy (non-hydrogen) atoms. The minimum atomic E-state index is 0.304. The summed E-state index contributed by atoms with van der Waals surface area (Å²) in [5.41, 5.74) is 1.78. The number of benzene rings is 2. The van der Waals surface area contributed by atoms with Gasteiger partial charge in [0.25, 0.3) is 0 Å². The van der Waals surface area contributed by atoms with Crippen LogP contribution in [-0.2, 0) is 0 Å². The Hall–Kier alpha value is -1.85. The molecule has 0 bridgehead atoms. The Kier molecular flexibility index (Phi) is 3.94. The molecule has 0 N–H and O–H groups in total. The summed E-state index contributed by atoms with van der Waals surface area (Å²) in [6.07, 6.45) is 0. The molecule has 1 aromatic heterocycles. The number of ether oxygens (including phenoxy) is 1. The Labute approximate surface area is 135 Å². The molecule has 0 aliphatic carbocycles. The number of hydrogen-bond acceptors (Lipinski definition) is 3. The number of aromatic nitrogens is 3. The molecule has 0 amide bonds. The van der Waals surface area contributed by atoms with Gasteiger partial charge in [-0.15, -0.1) is 10.2 Å². The third kappa shape index (κ3) is 2.66. The van der Waals surface area contributed by atoms with Crippen molar-refractivity contribution in [1.82, 2.24) is 14.8 Å². The van der Waals surface area contributed by atoms with E-state index in [-0.39, 0.29) is 0 Å². The lowest BCUT2D eigenvalue weighted by Gasteiger charge is -2.10. The van der Waals surface area contributed by atoms with Crippen LogP contribution in [0.3, 0.4) is 0 Å². The first kappa shape index (κ1) is 14.1. The second-order valence-corrected chi connectivity index (χ2v) is 5.51. The lowest BCUT2D eigenvalue weighted by atomic mass is 10.2. The molecule has 0 aliphatic rings. The summed E-state index contributed by atoms with van der Waals surface area (Å²) < 4.78 is 7.98. The molecular weight excluding hydrogens is 354 g/mol. The van der Waals surface area contributed by atoms with E-state index in [4.69, 9.17) is 16.3 Å². The van der Waals surface area contributed by atoms with Gasteiger partial charge in [-0.1, -0.05) is 30.3 Å². The van der Waals surface area contributed by atoms with Gasteiger partial charge in [-0.2, -0.15) is 0 Å². The molecule has 106 valence electrons. The molecule has 0 aliphatic heterocycles. The lowest BCUT2D eigenvalue weighted by Crippen LogP contribution is -1.98. The lowest BCUT2D eigenvalue weighted by molar-refractivity contribution is 0.412. The third-order valence-electron chi connectivity index (χ3n) is 3.05. The molecule has 6 heteroatoms. The molecule has 0 radical (unpaired) electrons. The zero-order valence-electron chi connectivity index (χ0n) is 11.1. The van der Waals surface area contributed by atoms with E-state index in [9.17, 15) is 0 Å². The van der Waals surface area contributed by atoms with Crippen LogP contribution in [0.15, 0.2) is 53.0 Å². The fourth-order valence-corrected chi connectivity index (χ4v) is 2.68. The van der Waals surface area contributed by atoms with Crippen LogP contribution in [0.5, 0.6) is 5.75 Å². The van der Waals surface area contributed by atoms with Crippen LogP contribution in [-0.4, -0.2) is 21.9 Å². The second kappa shape index (κ2) is 5.87. The Morgan fingerprint density at radius 3 is 2.57 bits per heavy atom. The zero-order chi connectivity index (χ0) is 14.8. The summed E-state index contributed by atoms with van der Waals surface area (Å²) in [5.74, 6) is 1.40. The van der Waals surface area contributed by atoms with Crippen molar-refractivity contribution in [3.63, 3.8) is 0 Å². The zero-order valence-corrected chi connectivity index (χ0v) is 13.5. The highest BCUT2D eigenvalue weighted by Gasteiger charge is 2.15. The van der Waals surface area contributed by atoms with Crippen molar-refractivity contribution >= 4 is 27.5 Å². The van der Waals surface area contributed by atoms with Gasteiger partial charge in [0.15, 0.2) is 5.82 Å². The molecule has 0 saturated carbocycles. The van der Waals surface area contributed by atoms with E-state index in [0.717, 1.165) is 21.5 Å². The smallest absolute Gasteiger partial charge is 0.229 e. The van der Waals surface area contributed by atoms with Gasteiger partial charge in [-0.05, 0) is 39.7 Å². The quantitative estimate of drug-likeness (QED) is 0.693. The van der Waals surface area contributed by atoms with Gasteiger partial charge in [0.05, 0.1) is 17.3 Å². The van der Waals surface area contributed by atoms with E-state index in [2.05, 4.69) is 26.1 Å². The molecule has 0 unspecified atom stereocenters. The van der Waals surface area contributed by atoms with Gasteiger partial charge < -0.3 is 4.74 Å². The van der Waals surface area contributed by atoms with Gasteiger partial charge in [0, 0.05) is 11.6 Å². The second-order valence-electron chi connectivity index (χ2n) is 4.31. The van der Waals surface area contributed by atoms with Gasteiger partial charge in [0.1, 0.15) is 5.75 Å². The molecule has 1 heterocycles. The normalized spacial score (nSPS) is 10.6. The molecule has 0 fully saturated rings. The number of nitrogens with zero attached hydrogens (tertiary/aromatic N) is 3. The predicted octanol–water partition coefficient (Wildman–Crippen LogP) is 4.36. The minimum Gasteiger partial charge on any atom is -0.495 e. The van der Waals surface area contributed by atoms with Crippen LogP contribution < -0.4 is 4.74 Å². The Bertz CT molecular complexity index is 774. The molecule has 0 saturated heterocycles. The third-order valence-corrected chi connectivity index (χ3v) is 3.95. The van der Waals surface area contributed by atoms with Crippen LogP contribution in [0.1, 0.15) is 0 Å². The number of hydrogen-bond donors (Lipinski definition) is 0. The van der Waals surface area contributed by atoms with E-state index >= 15 is 0 Å². The average Bonchev–Trinajstić information content (AvgIpc) is 2.90. The van der Waals surface area contributed by atoms with Gasteiger partial charge in [0.2, 0.25) is 5.28 Å². The average molecular weight is 365 g/mol. The van der Waals surface area contributed by atoms with E-state index < -0.39 is 0 Å². The maximum absolute atomic E-state index is 6.20. The molecule has 3 aromatic rings. The van der Waals surface area contributed by atoms with Gasteiger partial charge in [-0.25, -0.2) is 0 Å². The van der Waals surface area contributed by atoms with Crippen molar-refractivity contribution in [1.29, 1.82) is 0 Å². The van der Waals surface area contributed by atoms with Crippen LogP contribution >= 0.6 is 27.5 Å². The number of methoxy groups -OCH3 is 1. The van der Waals surface area contributed by atoms with E-state index in [0.29, 0.717) is 11.1 Å². The fourth-order valence-electron chi connectivity index (χ4n) is 2.06. The molecular formula is C15H11BrClN3O. The van der Waals surface area contributed by atoms with E-state index in [1.807, 2.05) is 48.5 Å². The molecule has 4 nitrogen and oxygen atoms in total. The fraction of sp³-hybridized carbons (Fsp3) is 0.0667. The highest BCUT2D eigenvalue weighted by atomic mass is 79.9. The monoisotopic (exact) mass is 363 g/mol. The van der Waals surface area contributed by atoms with E-state index in [1.54, 1.807) is 11.7 Å². The number of rotatable bonds is 3. The summed E-state index contributed by atoms with van der Waals surface area (Å²) in [7, 11) is 1.62. The summed E-state index contributed by atoms with van der Waals surface area (Å²) in [6, 6.07) is 15.5. The van der Waals surface area contributed by atoms with Crippen LogP contribution in [0, 0.1) is 0 Å². The highest BCUT2D eigenvalue weighted by Crippen LogP contribution is 2.31. The largest absolute Gasteiger partial charge is 0.495 e. The Balaban J connectivity index is 2.17. The van der Waals surface area contributed by atoms with Crippen LogP contribution in [0.4, 0.5) is 0 Å². The minimum absolute atomic E-state index is 0.304. The molecule has 2 aromatic carbocycles. The Morgan fingerprint density at radius 1 is 1.10 bits per heavy atom. The molecule has 0 spiro atoms. The maximum Gasteiger partial charge on any atom is 0.229 e. The van der Waals surface area contributed by atoms with Crippen molar-refractivity contribution in [2.75, 3.05) is 7.11 Å². The summed E-state index contributed by atoms with van der Waals surface area (Å²) >= 11 is 9.64. The SMILES string of the molecule is COc1cc(-n2c(Cl)nnc2-c2ccccc2)ccc1Br. The van der Waals surface area contributed by atoms with Crippen molar-refractivity contribution in [3.05, 3.63) is 58.3 Å². The van der Waals surface area contributed by atoms with Gasteiger partial charge >= 0.3 is 0 Å². The first-order valence-corrected chi connectivity index (χ1v) is 7.38.